The quantitative estimate of drug-likeness (QED) is 0.515. The van der Waals surface area contributed by atoms with E-state index < -0.39 is 5.97 Å². The van der Waals surface area contributed by atoms with E-state index in [0.717, 1.165) is 0 Å². The topological polar surface area (TPSA) is 81.0 Å². The number of phenolic OH excluding ortho intramolecular Hbond substituents is 2. The molecule has 0 heterocycles. The lowest BCUT2D eigenvalue weighted by molar-refractivity contribution is -0.138. The number of nitrogens with zero attached hydrogens (tertiary/aromatic N) is 1. The predicted octanol–water partition coefficient (Wildman–Crippen LogP) is 0.618. The molecule has 1 aromatic carbocycles. The lowest BCUT2D eigenvalue weighted by Gasteiger charge is -2.17. The van der Waals surface area contributed by atoms with Gasteiger partial charge in [0.1, 0.15) is 0 Å². The molecule has 3 N–H and O–H groups in total. The molecule has 0 bridgehead atoms. The first-order valence-electron chi connectivity index (χ1n) is 4.91. The average Bonchev–Trinajstić information content (AvgIpc) is 2.23. The number of benzene rings is 1. The van der Waals surface area contributed by atoms with Crippen molar-refractivity contribution >= 4 is 5.97 Å². The first-order valence-corrected chi connectivity index (χ1v) is 4.91. The van der Waals surface area contributed by atoms with Crippen molar-refractivity contribution in [1.29, 1.82) is 0 Å². The standard InChI is InChI=1S/C12H13NO4/c1-2-5-13(8-12(16)17)7-9-3-4-10(14)11(15)6-9/h1,3-4,6,14-15H,5,7-8H2,(H,16,17). The Hall–Kier alpha value is -2.19. The summed E-state index contributed by atoms with van der Waals surface area (Å²) in [5.41, 5.74) is 0.678. The number of hydrogen-bond acceptors (Lipinski definition) is 4. The van der Waals surface area contributed by atoms with Crippen LogP contribution in [0, 0.1) is 12.3 Å². The van der Waals surface area contributed by atoms with Crippen LogP contribution in [0.5, 0.6) is 11.5 Å². The fourth-order valence-electron chi connectivity index (χ4n) is 1.41. The largest absolute Gasteiger partial charge is 0.504 e. The summed E-state index contributed by atoms with van der Waals surface area (Å²) in [7, 11) is 0. The van der Waals surface area contributed by atoms with E-state index in [4.69, 9.17) is 16.6 Å². The van der Waals surface area contributed by atoms with Crippen molar-refractivity contribution in [3.63, 3.8) is 0 Å². The molecule has 0 saturated heterocycles. The molecule has 5 nitrogen and oxygen atoms in total. The van der Waals surface area contributed by atoms with Crippen LogP contribution in [0.15, 0.2) is 18.2 Å². The van der Waals surface area contributed by atoms with Gasteiger partial charge in [0.2, 0.25) is 0 Å². The molecule has 17 heavy (non-hydrogen) atoms. The summed E-state index contributed by atoms with van der Waals surface area (Å²) in [6.45, 7) is 0.324. The molecule has 0 atom stereocenters. The van der Waals surface area contributed by atoms with Crippen molar-refractivity contribution < 1.29 is 20.1 Å². The smallest absolute Gasteiger partial charge is 0.317 e. The lowest BCUT2D eigenvalue weighted by Crippen LogP contribution is -2.29. The van der Waals surface area contributed by atoms with E-state index in [2.05, 4.69) is 5.92 Å². The van der Waals surface area contributed by atoms with Crippen LogP contribution in [-0.4, -0.2) is 39.3 Å². The number of carbonyl (C=O) groups is 1. The molecule has 0 aliphatic heterocycles. The van der Waals surface area contributed by atoms with Crippen LogP contribution < -0.4 is 0 Å². The van der Waals surface area contributed by atoms with E-state index in [0.29, 0.717) is 12.1 Å². The molecule has 0 radical (unpaired) electrons. The van der Waals surface area contributed by atoms with Gasteiger partial charge < -0.3 is 15.3 Å². The minimum absolute atomic E-state index is 0.175. The zero-order valence-electron chi connectivity index (χ0n) is 9.13. The molecule has 90 valence electrons. The monoisotopic (exact) mass is 235 g/mol. The second kappa shape index (κ2) is 5.77. The normalized spacial score (nSPS) is 10.1. The van der Waals surface area contributed by atoms with E-state index in [-0.39, 0.29) is 24.6 Å². The van der Waals surface area contributed by atoms with Gasteiger partial charge in [-0.15, -0.1) is 6.42 Å². The maximum absolute atomic E-state index is 10.6. The Morgan fingerprint density at radius 3 is 2.59 bits per heavy atom. The van der Waals surface area contributed by atoms with Gasteiger partial charge in [0.05, 0.1) is 13.1 Å². The fraction of sp³-hybridized carbons (Fsp3) is 0.250. The van der Waals surface area contributed by atoms with Crippen LogP contribution in [0.2, 0.25) is 0 Å². The molecule has 0 unspecified atom stereocenters. The van der Waals surface area contributed by atoms with Crippen LogP contribution in [0.1, 0.15) is 5.56 Å². The molecular weight excluding hydrogens is 222 g/mol. The Labute approximate surface area is 98.9 Å². The summed E-state index contributed by atoms with van der Waals surface area (Å²) in [6, 6.07) is 4.32. The average molecular weight is 235 g/mol. The van der Waals surface area contributed by atoms with Crippen molar-refractivity contribution in [1.82, 2.24) is 4.90 Å². The molecule has 0 spiro atoms. The minimum atomic E-state index is -0.969. The molecule has 0 fully saturated rings. The van der Waals surface area contributed by atoms with Gasteiger partial charge in [-0.2, -0.15) is 0 Å². The van der Waals surface area contributed by atoms with E-state index in [1.54, 1.807) is 6.07 Å². The molecule has 5 heteroatoms. The predicted molar refractivity (Wildman–Crippen MR) is 61.5 cm³/mol. The number of phenols is 2. The highest BCUT2D eigenvalue weighted by molar-refractivity contribution is 5.69. The van der Waals surface area contributed by atoms with E-state index in [9.17, 15) is 9.90 Å². The third-order valence-corrected chi connectivity index (χ3v) is 2.12. The highest BCUT2D eigenvalue weighted by Crippen LogP contribution is 2.25. The first kappa shape index (κ1) is 12.9. The highest BCUT2D eigenvalue weighted by Gasteiger charge is 2.10. The van der Waals surface area contributed by atoms with E-state index in [1.807, 2.05) is 0 Å². The number of carboxylic acids is 1. The number of hydrogen-bond donors (Lipinski definition) is 3. The molecule has 0 saturated carbocycles. The van der Waals surface area contributed by atoms with Gasteiger partial charge in [0.15, 0.2) is 11.5 Å². The Kier molecular flexibility index (Phi) is 4.37. The zero-order chi connectivity index (χ0) is 12.8. The van der Waals surface area contributed by atoms with Crippen molar-refractivity contribution in [2.45, 2.75) is 6.54 Å². The zero-order valence-corrected chi connectivity index (χ0v) is 9.13. The van der Waals surface area contributed by atoms with Crippen LogP contribution in [0.4, 0.5) is 0 Å². The molecule has 0 aliphatic carbocycles. The Bertz CT molecular complexity index is 450. The first-order chi connectivity index (χ1) is 8.02. The number of rotatable bonds is 5. The number of terminal acetylenes is 1. The molecule has 0 amide bonds. The fourth-order valence-corrected chi connectivity index (χ4v) is 1.41. The summed E-state index contributed by atoms with van der Waals surface area (Å²) >= 11 is 0. The summed E-state index contributed by atoms with van der Waals surface area (Å²) < 4.78 is 0. The number of aliphatic carboxylic acids is 1. The van der Waals surface area contributed by atoms with Gasteiger partial charge in [0, 0.05) is 6.54 Å². The Morgan fingerprint density at radius 1 is 1.35 bits per heavy atom. The third-order valence-electron chi connectivity index (χ3n) is 2.12. The van der Waals surface area contributed by atoms with E-state index >= 15 is 0 Å². The number of aromatic hydroxyl groups is 2. The van der Waals surface area contributed by atoms with Crippen molar-refractivity contribution in [2.75, 3.05) is 13.1 Å². The second-order valence-electron chi connectivity index (χ2n) is 3.57. The van der Waals surface area contributed by atoms with Crippen LogP contribution in [-0.2, 0) is 11.3 Å². The SMILES string of the molecule is C#CCN(CC(=O)O)Cc1ccc(O)c(O)c1. The summed E-state index contributed by atoms with van der Waals surface area (Å²) in [6.07, 6.45) is 5.14. The lowest BCUT2D eigenvalue weighted by atomic mass is 10.2. The van der Waals surface area contributed by atoms with Crippen LogP contribution in [0.25, 0.3) is 0 Å². The van der Waals surface area contributed by atoms with Gasteiger partial charge in [-0.25, -0.2) is 0 Å². The van der Waals surface area contributed by atoms with Gasteiger partial charge in [-0.1, -0.05) is 12.0 Å². The molecule has 0 aromatic heterocycles. The van der Waals surface area contributed by atoms with Gasteiger partial charge >= 0.3 is 5.97 Å². The maximum atomic E-state index is 10.6. The van der Waals surface area contributed by atoms with Crippen molar-refractivity contribution in [3.05, 3.63) is 23.8 Å². The summed E-state index contributed by atoms with van der Waals surface area (Å²) in [5, 5.41) is 27.1. The van der Waals surface area contributed by atoms with Crippen molar-refractivity contribution in [3.8, 4) is 23.8 Å². The summed E-state index contributed by atoms with van der Waals surface area (Å²) in [4.78, 5) is 12.1. The molecule has 1 rings (SSSR count). The molecule has 1 aromatic rings. The van der Waals surface area contributed by atoms with Crippen molar-refractivity contribution in [2.24, 2.45) is 0 Å². The number of carboxylic acid groups (broad SMARTS) is 1. The van der Waals surface area contributed by atoms with E-state index in [1.165, 1.54) is 17.0 Å². The van der Waals surface area contributed by atoms with Gasteiger partial charge in [-0.05, 0) is 17.7 Å². The molecular formula is C12H13NO4. The Balaban J connectivity index is 2.75. The summed E-state index contributed by atoms with van der Waals surface area (Å²) in [5.74, 6) is 0.951. The maximum Gasteiger partial charge on any atom is 0.317 e. The minimum Gasteiger partial charge on any atom is -0.504 e. The van der Waals surface area contributed by atoms with Crippen LogP contribution >= 0.6 is 0 Å². The Morgan fingerprint density at radius 2 is 2.06 bits per heavy atom. The second-order valence-corrected chi connectivity index (χ2v) is 3.57. The highest BCUT2D eigenvalue weighted by atomic mass is 16.4. The van der Waals surface area contributed by atoms with Crippen LogP contribution in [0.3, 0.4) is 0 Å². The van der Waals surface area contributed by atoms with Gasteiger partial charge in [0.25, 0.3) is 0 Å². The molecule has 0 aliphatic rings. The van der Waals surface area contributed by atoms with Gasteiger partial charge in [-0.3, -0.25) is 9.69 Å². The third kappa shape index (κ3) is 4.05.